The van der Waals surface area contributed by atoms with Gasteiger partial charge < -0.3 is 0 Å². The Balaban J connectivity index is 0.000000490. The molecule has 0 saturated carbocycles. The average Bonchev–Trinajstić information content (AvgIpc) is 1.69. The predicted octanol–water partition coefficient (Wildman–Crippen LogP) is 1.60. The first-order valence-corrected chi connectivity index (χ1v) is 2.80. The maximum absolute atomic E-state index is 3.29. The molecule has 0 atom stereocenters. The molecule has 1 aromatic rings. The van der Waals surface area contributed by atoms with E-state index in [1.165, 1.54) is 0 Å². The van der Waals surface area contributed by atoms with Crippen molar-refractivity contribution in [3.63, 3.8) is 0 Å². The second-order valence-corrected chi connectivity index (χ2v) is 2.13. The predicted molar refractivity (Wildman–Crippen MR) is 40.1 cm³/mol. The number of hydrogen-bond acceptors (Lipinski definition) is 0. The fourth-order valence-corrected chi connectivity index (χ4v) is 0.631. The molecule has 8 heavy (non-hydrogen) atoms. The van der Waals surface area contributed by atoms with Crippen molar-refractivity contribution < 1.29 is 0 Å². The van der Waals surface area contributed by atoms with Crippen molar-refractivity contribution in [3.05, 3.63) is 34.8 Å². The summed E-state index contributed by atoms with van der Waals surface area (Å²) in [6, 6.07) is 10.5. The molecule has 0 saturated heterocycles. The second-order valence-electron chi connectivity index (χ2n) is 1.22. The number of hydrogen-bond donors (Lipinski definition) is 0. The second kappa shape index (κ2) is 5.53. The zero-order chi connectivity index (χ0) is 5.11. The molecule has 1 radical (unpaired) electrons. The molecule has 0 heterocycles. The standard InChI is InChI=1S/C6H4Br.Cs.H/c7-6-4-2-1-3-5-6;;/h2-5H;;. The van der Waals surface area contributed by atoms with E-state index in [-0.39, 0.29) is 68.9 Å². The van der Waals surface area contributed by atoms with E-state index in [0.717, 1.165) is 4.47 Å². The Kier molecular flexibility index (Phi) is 6.74. The van der Waals surface area contributed by atoms with E-state index in [2.05, 4.69) is 22.0 Å². The monoisotopic (exact) mass is 289 g/mol. The molecule has 0 bridgehead atoms. The van der Waals surface area contributed by atoms with E-state index >= 15 is 0 Å². The molecule has 0 spiro atoms. The SMILES string of the molecule is Brc1cc[c]cc1.[CsH]. The molecule has 0 N–H and O–H groups in total. The zero-order valence-electron chi connectivity index (χ0n) is 3.69. The minimum absolute atomic E-state index is 0. The van der Waals surface area contributed by atoms with Crippen LogP contribution in [0.15, 0.2) is 28.7 Å². The summed E-state index contributed by atoms with van der Waals surface area (Å²) in [5.74, 6) is 0. The molecule has 0 fully saturated rings. The first-order valence-electron chi connectivity index (χ1n) is 2.01. The summed E-state index contributed by atoms with van der Waals surface area (Å²) in [4.78, 5) is 0. The third-order valence-electron chi connectivity index (χ3n) is 0.678. The van der Waals surface area contributed by atoms with Crippen LogP contribution < -0.4 is 0 Å². The van der Waals surface area contributed by atoms with Crippen molar-refractivity contribution in [2.24, 2.45) is 0 Å². The van der Waals surface area contributed by atoms with Crippen molar-refractivity contribution in [1.29, 1.82) is 0 Å². The van der Waals surface area contributed by atoms with Gasteiger partial charge in [0, 0.05) is 4.47 Å². The minimum atomic E-state index is 0. The number of halogens is 1. The van der Waals surface area contributed by atoms with E-state index in [0.29, 0.717) is 0 Å². The van der Waals surface area contributed by atoms with Crippen LogP contribution >= 0.6 is 15.9 Å². The van der Waals surface area contributed by atoms with Gasteiger partial charge in [-0.2, -0.15) is 0 Å². The van der Waals surface area contributed by atoms with Gasteiger partial charge in [-0.15, -0.1) is 0 Å². The van der Waals surface area contributed by atoms with E-state index in [1.54, 1.807) is 0 Å². The van der Waals surface area contributed by atoms with Crippen LogP contribution in [0.2, 0.25) is 0 Å². The third kappa shape index (κ3) is 3.72. The summed E-state index contributed by atoms with van der Waals surface area (Å²) in [5, 5.41) is 0. The molecule has 0 nitrogen and oxygen atoms in total. The zero-order valence-corrected chi connectivity index (χ0v) is 5.27. The van der Waals surface area contributed by atoms with Gasteiger partial charge >= 0.3 is 68.9 Å². The molecule has 0 aliphatic carbocycles. The molecule has 0 aliphatic heterocycles. The van der Waals surface area contributed by atoms with Gasteiger partial charge in [-0.1, -0.05) is 28.1 Å². The molecule has 0 amide bonds. The summed E-state index contributed by atoms with van der Waals surface area (Å²) in [7, 11) is 0. The molecular weight excluding hydrogens is 285 g/mol. The van der Waals surface area contributed by atoms with Gasteiger partial charge in [-0.05, 0) is 18.2 Å². The third-order valence-corrected chi connectivity index (χ3v) is 1.21. The van der Waals surface area contributed by atoms with Crippen LogP contribution in [0.5, 0.6) is 0 Å². The molecule has 0 unspecified atom stereocenters. The fraction of sp³-hybridized carbons (Fsp3) is 0. The first-order chi connectivity index (χ1) is 3.39. The van der Waals surface area contributed by atoms with Gasteiger partial charge in [0.15, 0.2) is 0 Å². The number of benzene rings is 1. The average molecular weight is 290 g/mol. The van der Waals surface area contributed by atoms with Gasteiger partial charge in [-0.25, -0.2) is 0 Å². The van der Waals surface area contributed by atoms with Crippen LogP contribution in [0.3, 0.4) is 0 Å². The Labute approximate surface area is 117 Å². The maximum atomic E-state index is 3.29. The van der Waals surface area contributed by atoms with Crippen molar-refractivity contribution in [2.75, 3.05) is 0 Å². The van der Waals surface area contributed by atoms with E-state index < -0.39 is 0 Å². The van der Waals surface area contributed by atoms with Crippen molar-refractivity contribution in [1.82, 2.24) is 0 Å². The van der Waals surface area contributed by atoms with Crippen molar-refractivity contribution >= 4 is 84.8 Å². The quantitative estimate of drug-likeness (QED) is 0.681. The van der Waals surface area contributed by atoms with Crippen molar-refractivity contribution in [3.8, 4) is 0 Å². The summed E-state index contributed by atoms with van der Waals surface area (Å²) in [6.07, 6.45) is 0. The van der Waals surface area contributed by atoms with Crippen LogP contribution in [0.1, 0.15) is 0 Å². The van der Waals surface area contributed by atoms with Crippen LogP contribution in [0.4, 0.5) is 0 Å². The summed E-state index contributed by atoms with van der Waals surface area (Å²) < 4.78 is 1.10. The van der Waals surface area contributed by atoms with Crippen molar-refractivity contribution in [2.45, 2.75) is 0 Å². The molecule has 37 valence electrons. The summed E-state index contributed by atoms with van der Waals surface area (Å²) in [5.41, 5.74) is 0. The number of rotatable bonds is 0. The summed E-state index contributed by atoms with van der Waals surface area (Å²) >= 11 is 3.29. The molecule has 1 aromatic carbocycles. The Hall–Kier alpha value is 1.75. The molecular formula is C6H5BrCs. The molecule has 0 aliphatic rings. The van der Waals surface area contributed by atoms with E-state index in [4.69, 9.17) is 0 Å². The van der Waals surface area contributed by atoms with Crippen LogP contribution in [0, 0.1) is 6.07 Å². The van der Waals surface area contributed by atoms with Crippen LogP contribution in [0.25, 0.3) is 0 Å². The Morgan fingerprint density at radius 2 is 1.75 bits per heavy atom. The Morgan fingerprint density at radius 1 is 1.25 bits per heavy atom. The first kappa shape index (κ1) is 9.75. The molecule has 1 rings (SSSR count). The van der Waals surface area contributed by atoms with Crippen LogP contribution in [-0.4, -0.2) is 68.9 Å². The molecule has 2 heteroatoms. The Bertz CT molecular complexity index is 138. The topological polar surface area (TPSA) is 0 Å². The summed E-state index contributed by atoms with van der Waals surface area (Å²) in [6.45, 7) is 0. The fourth-order valence-electron chi connectivity index (χ4n) is 0.367. The Morgan fingerprint density at radius 3 is 2.00 bits per heavy atom. The van der Waals surface area contributed by atoms with Gasteiger partial charge in [0.05, 0.1) is 0 Å². The van der Waals surface area contributed by atoms with Crippen LogP contribution in [-0.2, 0) is 0 Å². The normalized spacial score (nSPS) is 7.62. The van der Waals surface area contributed by atoms with Gasteiger partial charge in [0.1, 0.15) is 0 Å². The van der Waals surface area contributed by atoms with Gasteiger partial charge in [0.2, 0.25) is 0 Å². The van der Waals surface area contributed by atoms with E-state index in [9.17, 15) is 0 Å². The molecule has 0 aromatic heterocycles. The van der Waals surface area contributed by atoms with Gasteiger partial charge in [-0.3, -0.25) is 0 Å². The van der Waals surface area contributed by atoms with Gasteiger partial charge in [0.25, 0.3) is 0 Å². The van der Waals surface area contributed by atoms with E-state index in [1.807, 2.05) is 24.3 Å².